The quantitative estimate of drug-likeness (QED) is 0.0801. The Labute approximate surface area is 611 Å². The lowest BCUT2D eigenvalue weighted by Gasteiger charge is -2.14. The van der Waals surface area contributed by atoms with Crippen molar-refractivity contribution < 1.29 is 5.11 Å². The van der Waals surface area contributed by atoms with Crippen molar-refractivity contribution in [2.24, 2.45) is 0 Å². The minimum absolute atomic E-state index is 0. The van der Waals surface area contributed by atoms with Crippen LogP contribution in [0, 0.1) is 0 Å². The fourth-order valence-corrected chi connectivity index (χ4v) is 11.6. The smallest absolute Gasteiger partial charge is 0.0319 e. The Balaban J connectivity index is 0.000000586. The number of benzene rings is 12. The van der Waals surface area contributed by atoms with Crippen molar-refractivity contribution in [2.45, 2.75) is 203 Å². The molecule has 0 amide bonds. The second-order valence-corrected chi connectivity index (χ2v) is 24.7. The lowest BCUT2D eigenvalue weighted by atomic mass is 9.90. The number of rotatable bonds is 15. The van der Waals surface area contributed by atoms with Gasteiger partial charge in [0.25, 0.3) is 0 Å². The van der Waals surface area contributed by atoms with Gasteiger partial charge in [0, 0.05) is 7.11 Å². The zero-order valence-electron chi connectivity index (χ0n) is 61.2. The molecule has 100 heavy (non-hydrogen) atoms. The minimum atomic E-state index is 0. The molecule has 0 bridgehead atoms. The van der Waals surface area contributed by atoms with E-state index in [0.29, 0.717) is 11.8 Å². The van der Waals surface area contributed by atoms with E-state index in [0.717, 1.165) is 71.3 Å². The Kier molecular flexibility index (Phi) is 45.0. The zero-order valence-corrected chi connectivity index (χ0v) is 61.2. The third kappa shape index (κ3) is 28.4. The molecule has 0 aliphatic rings. The highest BCUT2D eigenvalue weighted by molar-refractivity contribution is 6.05. The third-order valence-electron chi connectivity index (χ3n) is 17.8. The summed E-state index contributed by atoms with van der Waals surface area (Å²) in [6, 6.07) is 95.9. The first-order chi connectivity index (χ1) is 46.8. The molecule has 12 rings (SSSR count). The summed E-state index contributed by atoms with van der Waals surface area (Å²) in [6.45, 7) is 30.8. The monoisotopic (exact) mass is 1340 g/mol. The van der Waals surface area contributed by atoms with Gasteiger partial charge in [0.1, 0.15) is 0 Å². The molecule has 0 aliphatic heterocycles. The fraction of sp³-hybridized carbons (Fsp3) is 0.313. The van der Waals surface area contributed by atoms with Crippen LogP contribution in [0.4, 0.5) is 0 Å². The molecule has 0 spiro atoms. The summed E-state index contributed by atoms with van der Waals surface area (Å²) in [6.07, 6.45) is 15.4. The Morgan fingerprint density at radius 1 is 0.230 bits per heavy atom. The van der Waals surface area contributed by atoms with E-state index in [1.807, 2.05) is 12.1 Å². The molecule has 12 aromatic carbocycles. The second-order valence-electron chi connectivity index (χ2n) is 24.7. The van der Waals surface area contributed by atoms with Crippen LogP contribution in [0.3, 0.4) is 0 Å². The van der Waals surface area contributed by atoms with E-state index in [1.165, 1.54) is 121 Å². The van der Waals surface area contributed by atoms with Gasteiger partial charge >= 0.3 is 0 Å². The lowest BCUT2D eigenvalue weighted by molar-refractivity contribution is 0.399. The molecule has 0 atom stereocenters. The van der Waals surface area contributed by atoms with E-state index >= 15 is 0 Å². The standard InChI is InChI=1S/C18H18.C18H20.C16H18.C14H16.C10H14.2C9H12.CH4O.4CH4/c1-3-13-15-9-5-7-11-17(15)14(4-2)18-12-8-6-10-16(13)18;1-3-15-5-9-17(10-6-15)13-14-18-11-7-16(4-2)8-12-18;1-3-13-5-9-15(10-6-13)16-11-7-14(4-2)8-12-16;1-3-11-9-10-12(4-2)14-8-6-5-7-13(11)14;1-3-9-5-7-10(4-2)8-6-9;2*1-8(2)9-6-4-3-5-7-9;1-2;;;;/h5-12H,3-4H2,1-2H3;5-14H,3-4H2,1-2H3;5-12H,3-4H2,1-2H3;5-10H,3-4H2,1-2H3;5-8H,3-4H2,1-2H3;2*3-8H,1-2H3;2H,1H3;4*1H4/b;14-13+;;;;;;;;;;. The molecule has 0 heterocycles. The molecule has 0 unspecified atom stereocenters. The highest BCUT2D eigenvalue weighted by atomic mass is 16.2. The number of fused-ring (bicyclic) bond motifs is 3. The van der Waals surface area contributed by atoms with Crippen molar-refractivity contribution in [3.8, 4) is 11.1 Å². The molecule has 0 saturated carbocycles. The van der Waals surface area contributed by atoms with Crippen molar-refractivity contribution >= 4 is 44.5 Å². The van der Waals surface area contributed by atoms with Gasteiger partial charge < -0.3 is 5.11 Å². The second kappa shape index (κ2) is 50.4. The normalized spacial score (nSPS) is 10.0. The molecule has 0 fully saturated rings. The third-order valence-corrected chi connectivity index (χ3v) is 17.8. The maximum absolute atomic E-state index is 7.00. The van der Waals surface area contributed by atoms with Crippen LogP contribution in [-0.2, 0) is 64.2 Å². The van der Waals surface area contributed by atoms with E-state index in [2.05, 4.69) is 364 Å². The summed E-state index contributed by atoms with van der Waals surface area (Å²) in [4.78, 5) is 0. The summed E-state index contributed by atoms with van der Waals surface area (Å²) in [5.74, 6) is 1.32. The van der Waals surface area contributed by atoms with Crippen molar-refractivity contribution in [2.75, 3.05) is 7.11 Å². The highest BCUT2D eigenvalue weighted by Gasteiger charge is 2.11. The number of hydrogen-bond acceptors (Lipinski definition) is 1. The molecule has 1 heteroatoms. The van der Waals surface area contributed by atoms with E-state index in [9.17, 15) is 0 Å². The van der Waals surface area contributed by atoms with Crippen LogP contribution in [0.25, 0.3) is 55.6 Å². The molecule has 1 nitrogen and oxygen atoms in total. The van der Waals surface area contributed by atoms with Crippen LogP contribution in [-0.4, -0.2) is 12.2 Å². The largest absolute Gasteiger partial charge is 0.400 e. The number of aliphatic hydroxyl groups excluding tert-OH is 1. The molecule has 0 radical (unpaired) electrons. The van der Waals surface area contributed by atoms with Gasteiger partial charge in [-0.15, -0.1) is 0 Å². The topological polar surface area (TPSA) is 20.2 Å². The van der Waals surface area contributed by atoms with Gasteiger partial charge in [-0.1, -0.05) is 406 Å². The lowest BCUT2D eigenvalue weighted by Crippen LogP contribution is -1.93. The molecular weight excluding hydrogens is 1210 g/mol. The number of hydrogen-bond donors (Lipinski definition) is 1. The van der Waals surface area contributed by atoms with E-state index < -0.39 is 0 Å². The van der Waals surface area contributed by atoms with Crippen LogP contribution in [0.1, 0.15) is 216 Å². The number of aliphatic hydroxyl groups is 1. The highest BCUT2D eigenvalue weighted by Crippen LogP contribution is 2.34. The SMILES string of the molecule is C.C.C.C.CC(C)c1ccccc1.CC(C)c1ccccc1.CCc1c2ccccc2c(CC)c2ccccc12.CCc1ccc(-c2ccc(CC)cc2)cc1.CCc1ccc(/C=C/c2ccc(CC)cc2)cc1.CCc1ccc(CC)c2ccccc12.CCc1ccc(CC)cc1.CO. The summed E-state index contributed by atoms with van der Waals surface area (Å²) >= 11 is 0. The molecule has 0 aromatic heterocycles. The zero-order chi connectivity index (χ0) is 69.5. The van der Waals surface area contributed by atoms with Crippen LogP contribution in [0.2, 0.25) is 0 Å². The predicted octanol–water partition coefficient (Wildman–Crippen LogP) is 29.1. The average Bonchev–Trinajstić information content (AvgIpc) is 0.761. The summed E-state index contributed by atoms with van der Waals surface area (Å²) < 4.78 is 0. The minimum Gasteiger partial charge on any atom is -0.400 e. The van der Waals surface area contributed by atoms with Gasteiger partial charge in [0.05, 0.1) is 0 Å². The van der Waals surface area contributed by atoms with Gasteiger partial charge in [-0.3, -0.25) is 0 Å². The van der Waals surface area contributed by atoms with Crippen molar-refractivity contribution in [3.63, 3.8) is 0 Å². The van der Waals surface area contributed by atoms with Crippen LogP contribution >= 0.6 is 0 Å². The Bertz CT molecular complexity index is 3730. The van der Waals surface area contributed by atoms with Gasteiger partial charge in [-0.25, -0.2) is 0 Å². The predicted molar refractivity (Wildman–Crippen MR) is 455 cm³/mol. The molecule has 0 saturated heterocycles. The first-order valence-corrected chi connectivity index (χ1v) is 35.9. The van der Waals surface area contributed by atoms with E-state index in [-0.39, 0.29) is 29.7 Å². The van der Waals surface area contributed by atoms with Gasteiger partial charge in [0.2, 0.25) is 0 Å². The van der Waals surface area contributed by atoms with E-state index in [1.54, 1.807) is 0 Å². The van der Waals surface area contributed by atoms with Gasteiger partial charge in [0.15, 0.2) is 0 Å². The maximum atomic E-state index is 7.00. The van der Waals surface area contributed by atoms with E-state index in [4.69, 9.17) is 5.11 Å². The van der Waals surface area contributed by atoms with Crippen molar-refractivity contribution in [3.05, 3.63) is 345 Å². The average molecular weight is 1340 g/mol. The maximum Gasteiger partial charge on any atom is 0.0319 e. The Hall–Kier alpha value is -8.88. The molecule has 532 valence electrons. The Morgan fingerprint density at radius 2 is 0.440 bits per heavy atom. The fourth-order valence-electron chi connectivity index (χ4n) is 11.6. The molecule has 0 aliphatic carbocycles. The van der Waals surface area contributed by atoms with Crippen LogP contribution in [0.15, 0.2) is 267 Å². The summed E-state index contributed by atoms with van der Waals surface area (Å²) in [5.41, 5.74) is 22.3. The van der Waals surface area contributed by atoms with Crippen molar-refractivity contribution in [1.29, 1.82) is 0 Å². The van der Waals surface area contributed by atoms with Crippen LogP contribution < -0.4 is 0 Å². The number of aryl methyl sites for hydroxylation is 10. The summed E-state index contributed by atoms with van der Waals surface area (Å²) in [7, 11) is 1.00. The molecule has 12 aromatic rings. The first kappa shape index (κ1) is 89.1. The molecule has 1 N–H and O–H groups in total. The molecular formula is C99H130O. The van der Waals surface area contributed by atoms with Crippen LogP contribution in [0.5, 0.6) is 0 Å². The first-order valence-electron chi connectivity index (χ1n) is 35.9. The van der Waals surface area contributed by atoms with Gasteiger partial charge in [-0.05, 0) is 197 Å². The van der Waals surface area contributed by atoms with Gasteiger partial charge in [-0.2, -0.15) is 0 Å². The van der Waals surface area contributed by atoms with Crippen molar-refractivity contribution in [1.82, 2.24) is 0 Å². The summed E-state index contributed by atoms with van der Waals surface area (Å²) in [5, 5.41) is 15.6. The Morgan fingerprint density at radius 3 is 0.640 bits per heavy atom.